The van der Waals surface area contributed by atoms with Gasteiger partial charge in [-0.15, -0.1) is 0 Å². The second kappa shape index (κ2) is 9.43. The molecule has 3 aromatic rings. The van der Waals surface area contributed by atoms with Crippen molar-refractivity contribution in [3.8, 4) is 5.75 Å². The highest BCUT2D eigenvalue weighted by Crippen LogP contribution is 2.20. The molecule has 1 amide bonds. The Kier molecular flexibility index (Phi) is 6.49. The third-order valence-electron chi connectivity index (χ3n) is 4.11. The van der Waals surface area contributed by atoms with Crippen LogP contribution in [0, 0.1) is 0 Å². The molecular formula is C21H21N5O3. The van der Waals surface area contributed by atoms with Crippen LogP contribution in [0.25, 0.3) is 10.9 Å². The number of carbonyl (C=O) groups is 1. The number of amides is 1. The van der Waals surface area contributed by atoms with E-state index in [2.05, 4.69) is 15.1 Å². The van der Waals surface area contributed by atoms with Crippen LogP contribution >= 0.6 is 0 Å². The van der Waals surface area contributed by atoms with Gasteiger partial charge in [-0.2, -0.15) is 5.10 Å². The number of carbonyl (C=O) groups excluding carboxylic acids is 1. The predicted octanol–water partition coefficient (Wildman–Crippen LogP) is 2.42. The first kappa shape index (κ1) is 20.0. The van der Waals surface area contributed by atoms with E-state index in [1.54, 1.807) is 31.4 Å². The van der Waals surface area contributed by atoms with E-state index in [0.29, 0.717) is 35.9 Å². The lowest BCUT2D eigenvalue weighted by molar-refractivity contribution is 0.100. The number of ether oxygens (including phenoxy) is 2. The summed E-state index contributed by atoms with van der Waals surface area (Å²) >= 11 is 0. The summed E-state index contributed by atoms with van der Waals surface area (Å²) in [7, 11) is 1.63. The van der Waals surface area contributed by atoms with Gasteiger partial charge < -0.3 is 21.1 Å². The molecule has 0 aliphatic carbocycles. The molecule has 8 nitrogen and oxygen atoms in total. The Hall–Kier alpha value is -3.78. The van der Waals surface area contributed by atoms with Gasteiger partial charge in [-0.3, -0.25) is 9.79 Å². The van der Waals surface area contributed by atoms with Crippen molar-refractivity contribution >= 4 is 34.4 Å². The summed E-state index contributed by atoms with van der Waals surface area (Å²) in [6.07, 6.45) is 1.52. The third-order valence-corrected chi connectivity index (χ3v) is 4.11. The minimum absolute atomic E-state index is 0.415. The topological polar surface area (TPSA) is 125 Å². The van der Waals surface area contributed by atoms with Crippen LogP contribution in [0.2, 0.25) is 0 Å². The van der Waals surface area contributed by atoms with Gasteiger partial charge in [0, 0.05) is 18.1 Å². The number of aliphatic imine (C=N–C) groups is 1. The van der Waals surface area contributed by atoms with E-state index in [0.717, 1.165) is 16.7 Å². The van der Waals surface area contributed by atoms with E-state index in [1.807, 2.05) is 30.3 Å². The Labute approximate surface area is 167 Å². The van der Waals surface area contributed by atoms with E-state index in [4.69, 9.17) is 21.1 Å². The molecule has 8 heteroatoms. The van der Waals surface area contributed by atoms with Gasteiger partial charge in [0.25, 0.3) is 0 Å². The van der Waals surface area contributed by atoms with Gasteiger partial charge in [0.1, 0.15) is 18.1 Å². The summed E-state index contributed by atoms with van der Waals surface area (Å²) in [4.78, 5) is 20.1. The largest absolute Gasteiger partial charge is 0.491 e. The lowest BCUT2D eigenvalue weighted by Gasteiger charge is -2.07. The molecule has 29 heavy (non-hydrogen) atoms. The van der Waals surface area contributed by atoms with E-state index < -0.39 is 5.91 Å². The molecule has 0 saturated heterocycles. The fourth-order valence-corrected chi connectivity index (χ4v) is 2.59. The molecule has 2 aromatic carbocycles. The van der Waals surface area contributed by atoms with Crippen LogP contribution in [-0.2, 0) is 4.74 Å². The standard InChI is InChI=1S/C21H21N5O3/c1-28-10-11-29-17-7-9-18-15(12-17)4-8-19(25-18)20(26-23)13-24-16-5-2-14(3-6-16)21(22)27/h2-9,12-13H,10-11,23H2,1H3,(H2,22,27). The molecule has 0 fully saturated rings. The Morgan fingerprint density at radius 1 is 1.10 bits per heavy atom. The van der Waals surface area contributed by atoms with Crippen LogP contribution in [0.3, 0.4) is 0 Å². The van der Waals surface area contributed by atoms with E-state index in [-0.39, 0.29) is 0 Å². The first-order chi connectivity index (χ1) is 14.1. The molecule has 1 heterocycles. The van der Waals surface area contributed by atoms with E-state index in [1.165, 1.54) is 6.21 Å². The normalized spacial score (nSPS) is 11.8. The smallest absolute Gasteiger partial charge is 0.248 e. The highest BCUT2D eigenvalue weighted by Gasteiger charge is 2.06. The lowest BCUT2D eigenvalue weighted by Crippen LogP contribution is -2.10. The van der Waals surface area contributed by atoms with Gasteiger partial charge in [0.15, 0.2) is 0 Å². The number of benzene rings is 2. The highest BCUT2D eigenvalue weighted by molar-refractivity contribution is 6.38. The summed E-state index contributed by atoms with van der Waals surface area (Å²) in [6, 6.07) is 15.9. The molecule has 0 aliphatic heterocycles. The monoisotopic (exact) mass is 391 g/mol. The number of methoxy groups -OCH3 is 1. The molecule has 0 bridgehead atoms. The molecule has 0 aliphatic rings. The van der Waals surface area contributed by atoms with Crippen molar-refractivity contribution in [2.24, 2.45) is 21.7 Å². The van der Waals surface area contributed by atoms with Crippen LogP contribution in [0.15, 0.2) is 64.7 Å². The molecule has 0 unspecified atom stereocenters. The number of pyridine rings is 1. The van der Waals surface area contributed by atoms with Gasteiger partial charge in [-0.05, 0) is 48.5 Å². The maximum absolute atomic E-state index is 11.1. The second-order valence-corrected chi connectivity index (χ2v) is 6.08. The highest BCUT2D eigenvalue weighted by atomic mass is 16.5. The van der Waals surface area contributed by atoms with Crippen molar-refractivity contribution < 1.29 is 14.3 Å². The number of primary amides is 1. The van der Waals surface area contributed by atoms with Crippen LogP contribution in [0.5, 0.6) is 5.75 Å². The number of nitrogens with two attached hydrogens (primary N) is 2. The molecule has 1 aromatic heterocycles. The van der Waals surface area contributed by atoms with Crippen molar-refractivity contribution in [3.63, 3.8) is 0 Å². The van der Waals surface area contributed by atoms with Gasteiger partial charge in [-0.25, -0.2) is 4.98 Å². The summed E-state index contributed by atoms with van der Waals surface area (Å²) in [5.74, 6) is 5.79. The number of rotatable bonds is 8. The quantitative estimate of drug-likeness (QED) is 0.264. The molecule has 148 valence electrons. The zero-order valence-electron chi connectivity index (χ0n) is 15.9. The number of hydrogen-bond acceptors (Lipinski definition) is 7. The van der Waals surface area contributed by atoms with Crippen molar-refractivity contribution in [1.29, 1.82) is 0 Å². The van der Waals surface area contributed by atoms with Gasteiger partial charge in [-0.1, -0.05) is 6.07 Å². The summed E-state index contributed by atoms with van der Waals surface area (Å²) in [5.41, 5.74) is 8.07. The molecule has 4 N–H and O–H groups in total. The van der Waals surface area contributed by atoms with Crippen LogP contribution in [0.1, 0.15) is 16.1 Å². The predicted molar refractivity (Wildman–Crippen MR) is 113 cm³/mol. The average molecular weight is 391 g/mol. The SMILES string of the molecule is COCCOc1ccc2nc(C(C=Nc3ccc(C(N)=O)cc3)=NN)ccc2c1. The van der Waals surface area contributed by atoms with E-state index >= 15 is 0 Å². The maximum Gasteiger partial charge on any atom is 0.248 e. The minimum atomic E-state index is -0.489. The lowest BCUT2D eigenvalue weighted by atomic mass is 10.1. The summed E-state index contributed by atoms with van der Waals surface area (Å²) in [5, 5.41) is 4.72. The first-order valence-corrected chi connectivity index (χ1v) is 8.85. The Morgan fingerprint density at radius 2 is 1.90 bits per heavy atom. The number of hydrazone groups is 1. The Balaban J connectivity index is 1.78. The molecule has 0 atom stereocenters. The zero-order chi connectivity index (χ0) is 20.6. The van der Waals surface area contributed by atoms with Crippen molar-refractivity contribution in [3.05, 3.63) is 65.9 Å². The first-order valence-electron chi connectivity index (χ1n) is 8.85. The molecular weight excluding hydrogens is 370 g/mol. The molecule has 0 radical (unpaired) electrons. The summed E-state index contributed by atoms with van der Waals surface area (Å²) in [6.45, 7) is 1.00. The van der Waals surface area contributed by atoms with Crippen LogP contribution in [-0.4, -0.2) is 43.1 Å². The van der Waals surface area contributed by atoms with E-state index in [9.17, 15) is 4.79 Å². The van der Waals surface area contributed by atoms with Crippen LogP contribution in [0.4, 0.5) is 5.69 Å². The minimum Gasteiger partial charge on any atom is -0.491 e. The maximum atomic E-state index is 11.1. The van der Waals surface area contributed by atoms with Gasteiger partial charge in [0.05, 0.1) is 29.7 Å². The molecule has 0 saturated carbocycles. The summed E-state index contributed by atoms with van der Waals surface area (Å²) < 4.78 is 10.6. The number of nitrogens with zero attached hydrogens (tertiary/aromatic N) is 3. The van der Waals surface area contributed by atoms with Crippen molar-refractivity contribution in [2.75, 3.05) is 20.3 Å². The Morgan fingerprint density at radius 3 is 2.59 bits per heavy atom. The average Bonchev–Trinajstić information content (AvgIpc) is 2.74. The molecule has 3 rings (SSSR count). The van der Waals surface area contributed by atoms with Gasteiger partial charge >= 0.3 is 0 Å². The second-order valence-electron chi connectivity index (χ2n) is 6.08. The third kappa shape index (κ3) is 5.14. The molecule has 0 spiro atoms. The fourth-order valence-electron chi connectivity index (χ4n) is 2.59. The number of aromatic nitrogens is 1. The Bertz CT molecular complexity index is 1060. The van der Waals surface area contributed by atoms with Crippen molar-refractivity contribution in [2.45, 2.75) is 0 Å². The number of fused-ring (bicyclic) bond motifs is 1. The van der Waals surface area contributed by atoms with Crippen molar-refractivity contribution in [1.82, 2.24) is 4.98 Å². The van der Waals surface area contributed by atoms with Gasteiger partial charge in [0.2, 0.25) is 5.91 Å². The zero-order valence-corrected chi connectivity index (χ0v) is 15.9. The number of hydrogen-bond donors (Lipinski definition) is 2. The fraction of sp³-hybridized carbons (Fsp3) is 0.143. The van der Waals surface area contributed by atoms with Crippen LogP contribution < -0.4 is 16.3 Å².